The van der Waals surface area contributed by atoms with E-state index in [1.165, 1.54) is 6.07 Å². The molecule has 0 bridgehead atoms. The molecule has 8 heteroatoms. The largest absolute Gasteiger partial charge is 0.393 e. The van der Waals surface area contributed by atoms with Gasteiger partial charge >= 0.3 is 6.18 Å². The van der Waals surface area contributed by atoms with Gasteiger partial charge in [0.25, 0.3) is 0 Å². The predicted octanol–water partition coefficient (Wildman–Crippen LogP) is 7.58. The minimum absolute atomic E-state index is 0.125. The molecule has 196 valence electrons. The minimum atomic E-state index is -4.27. The highest BCUT2D eigenvalue weighted by Gasteiger charge is 2.28. The summed E-state index contributed by atoms with van der Waals surface area (Å²) in [6.07, 6.45) is 1.02. The molecular formula is C28H36ClF3N4. The van der Waals surface area contributed by atoms with Crippen molar-refractivity contribution in [1.82, 2.24) is 14.5 Å². The summed E-state index contributed by atoms with van der Waals surface area (Å²) in [5, 5.41) is 3.12. The van der Waals surface area contributed by atoms with E-state index in [1.54, 1.807) is 12.1 Å². The Labute approximate surface area is 217 Å². The van der Waals surface area contributed by atoms with E-state index >= 15 is 0 Å². The van der Waals surface area contributed by atoms with Crippen LogP contribution in [-0.4, -0.2) is 39.6 Å². The number of rotatable bonds is 12. The quantitative estimate of drug-likeness (QED) is 0.231. The van der Waals surface area contributed by atoms with Gasteiger partial charge in [-0.3, -0.25) is 0 Å². The van der Waals surface area contributed by atoms with Crippen molar-refractivity contribution in [1.29, 1.82) is 0 Å². The molecule has 4 nitrogen and oxygen atoms in total. The minimum Gasteiger partial charge on any atom is -0.374 e. The Balaban J connectivity index is 2.64. The number of nitrogens with one attached hydrogen (secondary N) is 1. The third-order valence-corrected chi connectivity index (χ3v) is 5.78. The number of benzene rings is 1. The zero-order valence-electron chi connectivity index (χ0n) is 21.7. The van der Waals surface area contributed by atoms with E-state index in [0.717, 1.165) is 29.1 Å². The van der Waals surface area contributed by atoms with Crippen LogP contribution < -0.4 is 5.32 Å². The number of nitrogens with zero attached hydrogens (tertiary/aromatic N) is 3. The second-order valence-corrected chi connectivity index (χ2v) is 9.55. The molecule has 2 aromatic rings. The van der Waals surface area contributed by atoms with Crippen molar-refractivity contribution in [3.05, 3.63) is 89.6 Å². The number of imidazole rings is 1. The van der Waals surface area contributed by atoms with Gasteiger partial charge in [-0.15, -0.1) is 11.6 Å². The Morgan fingerprint density at radius 1 is 1.28 bits per heavy atom. The summed E-state index contributed by atoms with van der Waals surface area (Å²) in [5.74, 6) is 1.31. The molecule has 1 aromatic carbocycles. The zero-order valence-corrected chi connectivity index (χ0v) is 22.5. The van der Waals surface area contributed by atoms with Gasteiger partial charge in [-0.25, -0.2) is 4.98 Å². The maximum atomic E-state index is 13.0. The number of alkyl halides is 4. The van der Waals surface area contributed by atoms with Crippen molar-refractivity contribution in [2.45, 2.75) is 58.6 Å². The van der Waals surface area contributed by atoms with Crippen LogP contribution in [0.2, 0.25) is 0 Å². The fraction of sp³-hybridized carbons (Fsp3) is 0.393. The van der Waals surface area contributed by atoms with Crippen molar-refractivity contribution in [2.75, 3.05) is 18.9 Å². The Hall–Kier alpha value is -2.93. The molecular weight excluding hydrogens is 485 g/mol. The first-order valence-electron chi connectivity index (χ1n) is 11.9. The van der Waals surface area contributed by atoms with E-state index < -0.39 is 12.6 Å². The second-order valence-electron chi connectivity index (χ2n) is 8.87. The Morgan fingerprint density at radius 3 is 2.50 bits per heavy atom. The summed E-state index contributed by atoms with van der Waals surface area (Å²) in [7, 11) is 1.95. The maximum Gasteiger partial charge on any atom is 0.393 e. The lowest BCUT2D eigenvalue weighted by atomic mass is 10.1. The van der Waals surface area contributed by atoms with Crippen LogP contribution in [0.3, 0.4) is 0 Å². The third kappa shape index (κ3) is 8.63. The molecule has 0 radical (unpaired) electrons. The van der Waals surface area contributed by atoms with Crippen LogP contribution in [-0.2, 0) is 19.4 Å². The van der Waals surface area contributed by atoms with E-state index in [-0.39, 0.29) is 10.9 Å². The Kier molecular flexibility index (Phi) is 10.5. The van der Waals surface area contributed by atoms with Crippen molar-refractivity contribution >= 4 is 23.1 Å². The highest BCUT2D eigenvalue weighted by Crippen LogP contribution is 2.30. The third-order valence-electron chi connectivity index (χ3n) is 5.63. The molecule has 0 saturated carbocycles. The first-order chi connectivity index (χ1) is 16.8. The van der Waals surface area contributed by atoms with Crippen LogP contribution in [0.15, 0.2) is 66.9 Å². The monoisotopic (exact) mass is 520 g/mol. The number of hydrogen-bond donors (Lipinski definition) is 1. The molecule has 2 rings (SSSR count). The standard InChI is InChI=1S/C28H36ClF3N4/c1-8-22(14-13-20(5)29)18-36-25(16-23-11-10-12-24(15-23)17-28(30,31)32)34-27(33-19(3)4)26(36)21(6)35(7)9-2/h8,10-15,20,33H,3,6,9,16-18H2,1-2,4-5,7H3/b14-13-,22-8+. The lowest BCUT2D eigenvalue weighted by Crippen LogP contribution is -2.19. The summed E-state index contributed by atoms with van der Waals surface area (Å²) in [6, 6.07) is 6.57. The van der Waals surface area contributed by atoms with Crippen LogP contribution in [0.4, 0.5) is 19.0 Å². The lowest BCUT2D eigenvalue weighted by molar-refractivity contribution is -0.127. The van der Waals surface area contributed by atoms with Crippen molar-refractivity contribution < 1.29 is 13.2 Å². The molecule has 1 heterocycles. The molecule has 1 atom stereocenters. The number of halogens is 4. The molecule has 0 aliphatic heterocycles. The molecule has 0 amide bonds. The van der Waals surface area contributed by atoms with Gasteiger partial charge in [0.2, 0.25) is 0 Å². The predicted molar refractivity (Wildman–Crippen MR) is 145 cm³/mol. The lowest BCUT2D eigenvalue weighted by Gasteiger charge is -2.23. The van der Waals surface area contributed by atoms with Gasteiger partial charge in [-0.1, -0.05) is 55.7 Å². The van der Waals surface area contributed by atoms with Gasteiger partial charge in [0, 0.05) is 37.6 Å². The van der Waals surface area contributed by atoms with Gasteiger partial charge in [0.1, 0.15) is 11.5 Å². The fourth-order valence-electron chi connectivity index (χ4n) is 3.70. The van der Waals surface area contributed by atoms with Crippen LogP contribution in [0.25, 0.3) is 5.70 Å². The second kappa shape index (κ2) is 12.9. The van der Waals surface area contributed by atoms with Crippen LogP contribution in [0.1, 0.15) is 50.3 Å². The molecule has 1 unspecified atom stereocenters. The average molecular weight is 521 g/mol. The normalized spacial score (nSPS) is 13.2. The number of hydrogen-bond acceptors (Lipinski definition) is 3. The topological polar surface area (TPSA) is 33.1 Å². The highest BCUT2D eigenvalue weighted by molar-refractivity contribution is 6.21. The molecule has 0 fully saturated rings. The van der Waals surface area contributed by atoms with Crippen molar-refractivity contribution in [2.24, 2.45) is 0 Å². The average Bonchev–Trinajstić information content (AvgIpc) is 3.09. The smallest absolute Gasteiger partial charge is 0.374 e. The first kappa shape index (κ1) is 29.3. The molecule has 0 spiro atoms. The summed E-state index contributed by atoms with van der Waals surface area (Å²) in [6.45, 7) is 17.2. The fourth-order valence-corrected chi connectivity index (χ4v) is 3.77. The zero-order chi connectivity index (χ0) is 27.0. The molecule has 1 N–H and O–H groups in total. The maximum absolute atomic E-state index is 13.0. The summed E-state index contributed by atoms with van der Waals surface area (Å²) >= 11 is 6.13. The van der Waals surface area contributed by atoms with Crippen molar-refractivity contribution in [3.63, 3.8) is 0 Å². The van der Waals surface area contributed by atoms with E-state index in [4.69, 9.17) is 16.6 Å². The van der Waals surface area contributed by atoms with E-state index in [1.807, 2.05) is 63.9 Å². The summed E-state index contributed by atoms with van der Waals surface area (Å²) in [4.78, 5) is 6.90. The number of anilines is 1. The van der Waals surface area contributed by atoms with Gasteiger partial charge < -0.3 is 14.8 Å². The molecule has 0 aliphatic rings. The van der Waals surface area contributed by atoms with Gasteiger partial charge in [-0.05, 0) is 44.4 Å². The van der Waals surface area contributed by atoms with Crippen LogP contribution in [0, 0.1) is 0 Å². The van der Waals surface area contributed by atoms with Gasteiger partial charge in [0.15, 0.2) is 5.82 Å². The SMILES string of the molecule is C=C(C)Nc1nc(Cc2cccc(CC(F)(F)F)c2)n(CC(/C=C\C(C)Cl)=C/C)c1C(=C)N(C)CC. The Morgan fingerprint density at radius 2 is 1.94 bits per heavy atom. The first-order valence-corrected chi connectivity index (χ1v) is 12.3. The summed E-state index contributed by atoms with van der Waals surface area (Å²) < 4.78 is 41.0. The van der Waals surface area contributed by atoms with E-state index in [2.05, 4.69) is 23.0 Å². The van der Waals surface area contributed by atoms with E-state index in [9.17, 15) is 13.2 Å². The highest BCUT2D eigenvalue weighted by atomic mass is 35.5. The summed E-state index contributed by atoms with van der Waals surface area (Å²) in [5.41, 5.74) is 4.28. The number of allylic oxidation sites excluding steroid dienone is 5. The van der Waals surface area contributed by atoms with Crippen molar-refractivity contribution in [3.8, 4) is 0 Å². The van der Waals surface area contributed by atoms with Crippen LogP contribution in [0.5, 0.6) is 0 Å². The van der Waals surface area contributed by atoms with E-state index in [0.29, 0.717) is 30.3 Å². The molecule has 36 heavy (non-hydrogen) atoms. The van der Waals surface area contributed by atoms with Crippen LogP contribution >= 0.6 is 11.6 Å². The molecule has 0 aliphatic carbocycles. The van der Waals surface area contributed by atoms with Gasteiger partial charge in [0.05, 0.1) is 12.1 Å². The number of aromatic nitrogens is 2. The van der Waals surface area contributed by atoms with Gasteiger partial charge in [-0.2, -0.15) is 13.2 Å². The molecule has 0 saturated heterocycles. The molecule has 1 aromatic heterocycles. The Bertz CT molecular complexity index is 1130.